The summed E-state index contributed by atoms with van der Waals surface area (Å²) in [5, 5.41) is 4.59. The zero-order valence-electron chi connectivity index (χ0n) is 11.1. The highest BCUT2D eigenvalue weighted by Gasteiger charge is 2.08. The topological polar surface area (TPSA) is 68.3 Å². The Morgan fingerprint density at radius 1 is 1.19 bits per heavy atom. The number of halogens is 1. The van der Waals surface area contributed by atoms with Gasteiger partial charge in [-0.05, 0) is 30.3 Å². The molecular weight excluding hydrogens is 288 g/mol. The van der Waals surface area contributed by atoms with Crippen molar-refractivity contribution in [2.75, 3.05) is 5.32 Å². The average molecular weight is 301 g/mol. The van der Waals surface area contributed by atoms with E-state index < -0.39 is 5.91 Å². The molecule has 0 aliphatic carbocycles. The summed E-state index contributed by atoms with van der Waals surface area (Å²) in [7, 11) is 0. The molecule has 1 amide bonds. The van der Waals surface area contributed by atoms with Gasteiger partial charge in [-0.25, -0.2) is 0 Å². The van der Waals surface area contributed by atoms with Gasteiger partial charge in [-0.1, -0.05) is 29.8 Å². The molecule has 2 aromatic carbocycles. The molecule has 106 valence electrons. The minimum Gasteiger partial charge on any atom is -0.459 e. The average Bonchev–Trinajstić information content (AvgIpc) is 2.89. The molecule has 21 heavy (non-hydrogen) atoms. The van der Waals surface area contributed by atoms with Gasteiger partial charge in [0.1, 0.15) is 11.3 Å². The number of benzene rings is 2. The Morgan fingerprint density at radius 2 is 2.00 bits per heavy atom. The highest BCUT2D eigenvalue weighted by molar-refractivity contribution is 6.33. The Bertz CT molecular complexity index is 778. The summed E-state index contributed by atoms with van der Waals surface area (Å²) in [4.78, 5) is 11.3. The summed E-state index contributed by atoms with van der Waals surface area (Å²) < 4.78 is 5.71. The van der Waals surface area contributed by atoms with Crippen LogP contribution in [-0.2, 0) is 6.54 Å². The first-order chi connectivity index (χ1) is 10.1. The van der Waals surface area contributed by atoms with E-state index in [4.69, 9.17) is 21.8 Å². The first kappa shape index (κ1) is 13.5. The molecule has 3 N–H and O–H groups in total. The van der Waals surface area contributed by atoms with Crippen molar-refractivity contribution in [3.05, 3.63) is 64.9 Å². The van der Waals surface area contributed by atoms with Gasteiger partial charge >= 0.3 is 0 Å². The fourth-order valence-electron chi connectivity index (χ4n) is 2.14. The number of carbonyl (C=O) groups is 1. The van der Waals surface area contributed by atoms with Crippen LogP contribution >= 0.6 is 11.6 Å². The third-order valence-electron chi connectivity index (χ3n) is 3.18. The van der Waals surface area contributed by atoms with Gasteiger partial charge in [0, 0.05) is 11.1 Å². The first-order valence-electron chi connectivity index (χ1n) is 6.44. The maximum absolute atomic E-state index is 11.3. The van der Waals surface area contributed by atoms with Crippen LogP contribution in [0.1, 0.15) is 16.1 Å². The lowest BCUT2D eigenvalue weighted by molar-refractivity contribution is 0.100. The largest absolute Gasteiger partial charge is 0.459 e. The zero-order valence-corrected chi connectivity index (χ0v) is 11.9. The smallest absolute Gasteiger partial charge is 0.250 e. The van der Waals surface area contributed by atoms with E-state index in [2.05, 4.69) is 5.32 Å². The molecule has 0 atom stereocenters. The second-order valence-electron chi connectivity index (χ2n) is 4.66. The molecule has 5 heteroatoms. The van der Waals surface area contributed by atoms with Gasteiger partial charge in [0.25, 0.3) is 0 Å². The van der Waals surface area contributed by atoms with Crippen LogP contribution in [0.5, 0.6) is 0 Å². The second-order valence-corrected chi connectivity index (χ2v) is 5.07. The number of fused-ring (bicyclic) bond motifs is 1. The van der Waals surface area contributed by atoms with Crippen LogP contribution in [0.4, 0.5) is 5.69 Å². The van der Waals surface area contributed by atoms with Crippen LogP contribution in [0.3, 0.4) is 0 Å². The Kier molecular flexibility index (Phi) is 3.54. The standard InChI is InChI=1S/C16H13ClN2O2/c17-14-6-5-11(8-13(14)16(18)20)19-9-12-7-10-3-1-2-4-15(10)21-12/h1-8,19H,9H2,(H2,18,20). The maximum Gasteiger partial charge on any atom is 0.250 e. The molecule has 3 aromatic rings. The van der Waals surface area contributed by atoms with Crippen molar-refractivity contribution in [3.8, 4) is 0 Å². The predicted octanol–water partition coefficient (Wildman–Crippen LogP) is 3.80. The Balaban J connectivity index is 1.78. The van der Waals surface area contributed by atoms with Crippen LogP contribution in [0.25, 0.3) is 11.0 Å². The fourth-order valence-corrected chi connectivity index (χ4v) is 2.35. The molecular formula is C16H13ClN2O2. The third-order valence-corrected chi connectivity index (χ3v) is 3.50. The van der Waals surface area contributed by atoms with Crippen molar-refractivity contribution in [3.63, 3.8) is 0 Å². The first-order valence-corrected chi connectivity index (χ1v) is 6.82. The lowest BCUT2D eigenvalue weighted by atomic mass is 10.2. The summed E-state index contributed by atoms with van der Waals surface area (Å²) in [5.41, 5.74) is 7.18. The van der Waals surface area contributed by atoms with Gasteiger partial charge < -0.3 is 15.5 Å². The number of hydrogen-bond donors (Lipinski definition) is 2. The SMILES string of the molecule is NC(=O)c1cc(NCc2cc3ccccc3o2)ccc1Cl. The number of hydrogen-bond acceptors (Lipinski definition) is 3. The lowest BCUT2D eigenvalue weighted by Gasteiger charge is -2.07. The molecule has 0 saturated carbocycles. The Hall–Kier alpha value is -2.46. The number of carbonyl (C=O) groups excluding carboxylic acids is 1. The monoisotopic (exact) mass is 300 g/mol. The molecule has 0 aliphatic rings. The van der Waals surface area contributed by atoms with Crippen molar-refractivity contribution >= 4 is 34.2 Å². The van der Waals surface area contributed by atoms with E-state index in [9.17, 15) is 4.79 Å². The number of nitrogens with two attached hydrogens (primary N) is 1. The van der Waals surface area contributed by atoms with Crippen LogP contribution in [0, 0.1) is 0 Å². The van der Waals surface area contributed by atoms with E-state index in [0.717, 1.165) is 22.4 Å². The number of anilines is 1. The number of rotatable bonds is 4. The molecule has 0 fully saturated rings. The quantitative estimate of drug-likeness (QED) is 0.770. The summed E-state index contributed by atoms with van der Waals surface area (Å²) >= 11 is 5.91. The van der Waals surface area contributed by atoms with E-state index in [1.807, 2.05) is 30.3 Å². The van der Waals surface area contributed by atoms with E-state index >= 15 is 0 Å². The number of amides is 1. The fraction of sp³-hybridized carbons (Fsp3) is 0.0625. The predicted molar refractivity (Wildman–Crippen MR) is 83.5 cm³/mol. The number of para-hydroxylation sites is 1. The van der Waals surface area contributed by atoms with Crippen LogP contribution in [0.2, 0.25) is 5.02 Å². The number of nitrogens with one attached hydrogen (secondary N) is 1. The summed E-state index contributed by atoms with van der Waals surface area (Å²) in [5.74, 6) is 0.263. The highest BCUT2D eigenvalue weighted by atomic mass is 35.5. The van der Waals surface area contributed by atoms with E-state index in [1.165, 1.54) is 0 Å². The van der Waals surface area contributed by atoms with Gasteiger partial charge in [0.15, 0.2) is 0 Å². The Morgan fingerprint density at radius 3 is 2.76 bits per heavy atom. The molecule has 0 radical (unpaired) electrons. The summed E-state index contributed by atoms with van der Waals surface area (Å²) in [6.07, 6.45) is 0. The second kappa shape index (κ2) is 5.50. The third kappa shape index (κ3) is 2.85. The number of furan rings is 1. The van der Waals surface area contributed by atoms with Crippen molar-refractivity contribution in [2.45, 2.75) is 6.54 Å². The lowest BCUT2D eigenvalue weighted by Crippen LogP contribution is -2.12. The van der Waals surface area contributed by atoms with Crippen LogP contribution in [-0.4, -0.2) is 5.91 Å². The Labute approximate surface area is 126 Å². The van der Waals surface area contributed by atoms with E-state index in [1.54, 1.807) is 18.2 Å². The van der Waals surface area contributed by atoms with Crippen LogP contribution in [0.15, 0.2) is 52.9 Å². The van der Waals surface area contributed by atoms with Gasteiger partial charge in [0.05, 0.1) is 17.1 Å². The number of primary amides is 1. The molecule has 0 unspecified atom stereocenters. The summed E-state index contributed by atoms with van der Waals surface area (Å²) in [6, 6.07) is 14.9. The minimum atomic E-state index is -0.549. The van der Waals surface area contributed by atoms with Crippen molar-refractivity contribution in [2.24, 2.45) is 5.73 Å². The molecule has 1 heterocycles. The zero-order chi connectivity index (χ0) is 14.8. The minimum absolute atomic E-state index is 0.297. The van der Waals surface area contributed by atoms with Gasteiger partial charge in [0.2, 0.25) is 5.91 Å². The van der Waals surface area contributed by atoms with Crippen LogP contribution < -0.4 is 11.1 Å². The van der Waals surface area contributed by atoms with Gasteiger partial charge in [-0.3, -0.25) is 4.79 Å². The molecule has 1 aromatic heterocycles. The highest BCUT2D eigenvalue weighted by Crippen LogP contribution is 2.22. The van der Waals surface area contributed by atoms with Gasteiger partial charge in [-0.15, -0.1) is 0 Å². The van der Waals surface area contributed by atoms with Gasteiger partial charge in [-0.2, -0.15) is 0 Å². The van der Waals surface area contributed by atoms with Crippen molar-refractivity contribution < 1.29 is 9.21 Å². The molecule has 0 spiro atoms. The molecule has 3 rings (SSSR count). The normalized spacial score (nSPS) is 10.7. The summed E-state index contributed by atoms with van der Waals surface area (Å²) in [6.45, 7) is 0.508. The molecule has 0 saturated heterocycles. The van der Waals surface area contributed by atoms with E-state index in [-0.39, 0.29) is 0 Å². The van der Waals surface area contributed by atoms with E-state index in [0.29, 0.717) is 17.1 Å². The van der Waals surface area contributed by atoms with Crippen molar-refractivity contribution in [1.29, 1.82) is 0 Å². The molecule has 0 aliphatic heterocycles. The molecule has 0 bridgehead atoms. The van der Waals surface area contributed by atoms with Crippen molar-refractivity contribution in [1.82, 2.24) is 0 Å². The molecule has 4 nitrogen and oxygen atoms in total. The maximum atomic E-state index is 11.3.